The van der Waals surface area contributed by atoms with E-state index in [1.807, 2.05) is 27.2 Å². The molecule has 0 bridgehead atoms. The molecule has 4 nitrogen and oxygen atoms in total. The van der Waals surface area contributed by atoms with Crippen LogP contribution in [0.2, 0.25) is 0 Å². The van der Waals surface area contributed by atoms with E-state index >= 15 is 0 Å². The first-order chi connectivity index (χ1) is 13.0. The minimum absolute atomic E-state index is 0.0688. The van der Waals surface area contributed by atoms with Gasteiger partial charge < -0.3 is 14.8 Å². The van der Waals surface area contributed by atoms with Crippen molar-refractivity contribution in [1.29, 1.82) is 0 Å². The van der Waals surface area contributed by atoms with E-state index in [9.17, 15) is 4.79 Å². The number of hydrogen-bond acceptors (Lipinski definition) is 2. The lowest BCUT2D eigenvalue weighted by Gasteiger charge is -2.19. The molecule has 1 aliphatic carbocycles. The SMILES string of the molecule is CN(Cc1ccc(N(C)C)cc1)C(=O)c1ccc2[nH]c3c(c2c1)CCCC3. The van der Waals surface area contributed by atoms with E-state index in [0.717, 1.165) is 35.2 Å². The standard InChI is InChI=1S/C23H27N3O/c1-25(2)18-11-8-16(9-12-18)15-26(3)23(27)17-10-13-22-20(14-17)19-6-4-5-7-21(19)24-22/h8-14,24H,4-7,15H2,1-3H3. The Morgan fingerprint density at radius 2 is 1.74 bits per heavy atom. The van der Waals surface area contributed by atoms with Gasteiger partial charge in [-0.3, -0.25) is 4.79 Å². The number of rotatable bonds is 4. The largest absolute Gasteiger partial charge is 0.378 e. The second-order valence-corrected chi connectivity index (χ2v) is 7.77. The van der Waals surface area contributed by atoms with Crippen molar-refractivity contribution in [2.24, 2.45) is 0 Å². The number of nitrogens with one attached hydrogen (secondary N) is 1. The van der Waals surface area contributed by atoms with E-state index in [4.69, 9.17) is 0 Å². The van der Waals surface area contributed by atoms with Gasteiger partial charge in [0.1, 0.15) is 0 Å². The van der Waals surface area contributed by atoms with Crippen LogP contribution in [0.15, 0.2) is 42.5 Å². The van der Waals surface area contributed by atoms with Gasteiger partial charge in [0.15, 0.2) is 0 Å². The predicted octanol–water partition coefficient (Wildman–Crippen LogP) is 4.38. The Morgan fingerprint density at radius 1 is 1.00 bits per heavy atom. The lowest BCUT2D eigenvalue weighted by molar-refractivity contribution is 0.0785. The number of carbonyl (C=O) groups excluding carboxylic acids is 1. The van der Waals surface area contributed by atoms with Crippen LogP contribution in [-0.4, -0.2) is 36.9 Å². The van der Waals surface area contributed by atoms with Crippen molar-refractivity contribution < 1.29 is 4.79 Å². The van der Waals surface area contributed by atoms with Gasteiger partial charge in [0, 0.05) is 55.5 Å². The van der Waals surface area contributed by atoms with Crippen LogP contribution in [0.3, 0.4) is 0 Å². The lowest BCUT2D eigenvalue weighted by Crippen LogP contribution is -2.26. The summed E-state index contributed by atoms with van der Waals surface area (Å²) in [5, 5.41) is 1.22. The molecule has 27 heavy (non-hydrogen) atoms. The molecule has 1 aliphatic rings. The van der Waals surface area contributed by atoms with Gasteiger partial charge >= 0.3 is 0 Å². The summed E-state index contributed by atoms with van der Waals surface area (Å²) in [6.07, 6.45) is 4.72. The predicted molar refractivity (Wildman–Crippen MR) is 112 cm³/mol. The molecular formula is C23H27N3O. The van der Waals surface area contributed by atoms with Crippen LogP contribution in [0.5, 0.6) is 0 Å². The fourth-order valence-corrected chi connectivity index (χ4v) is 4.00. The molecule has 2 aromatic carbocycles. The van der Waals surface area contributed by atoms with Crippen LogP contribution in [0.1, 0.15) is 40.0 Å². The molecule has 0 radical (unpaired) electrons. The summed E-state index contributed by atoms with van der Waals surface area (Å²) in [6.45, 7) is 0.607. The van der Waals surface area contributed by atoms with Crippen LogP contribution in [0.25, 0.3) is 10.9 Å². The first kappa shape index (κ1) is 17.7. The maximum Gasteiger partial charge on any atom is 0.253 e. The maximum atomic E-state index is 13.0. The minimum atomic E-state index is 0.0688. The average molecular weight is 361 g/mol. The zero-order valence-corrected chi connectivity index (χ0v) is 16.4. The Bertz CT molecular complexity index is 969. The molecule has 3 aromatic rings. The quantitative estimate of drug-likeness (QED) is 0.749. The van der Waals surface area contributed by atoms with Gasteiger partial charge in [0.2, 0.25) is 0 Å². The zero-order chi connectivity index (χ0) is 19.0. The molecule has 0 saturated heterocycles. The van der Waals surface area contributed by atoms with Crippen molar-refractivity contribution in [1.82, 2.24) is 9.88 Å². The Kier molecular flexibility index (Phi) is 4.65. The fraction of sp³-hybridized carbons (Fsp3) is 0.348. The van der Waals surface area contributed by atoms with Crippen molar-refractivity contribution >= 4 is 22.5 Å². The number of carbonyl (C=O) groups is 1. The van der Waals surface area contributed by atoms with Crippen molar-refractivity contribution in [3.8, 4) is 0 Å². The molecule has 1 heterocycles. The highest BCUT2D eigenvalue weighted by molar-refractivity contribution is 5.99. The molecule has 1 aromatic heterocycles. The van der Waals surface area contributed by atoms with Gasteiger partial charge in [-0.15, -0.1) is 0 Å². The maximum absolute atomic E-state index is 13.0. The summed E-state index contributed by atoms with van der Waals surface area (Å²) >= 11 is 0. The number of aromatic nitrogens is 1. The van der Waals surface area contributed by atoms with E-state index in [-0.39, 0.29) is 5.91 Å². The first-order valence-electron chi connectivity index (χ1n) is 9.68. The molecule has 1 amide bonds. The Labute approximate surface area is 160 Å². The Hall–Kier alpha value is -2.75. The van der Waals surface area contributed by atoms with Gasteiger partial charge in [-0.2, -0.15) is 0 Å². The normalized spacial score (nSPS) is 13.4. The number of fused-ring (bicyclic) bond motifs is 3. The number of amides is 1. The molecule has 0 fully saturated rings. The molecule has 0 spiro atoms. The summed E-state index contributed by atoms with van der Waals surface area (Å²) in [7, 11) is 5.93. The van der Waals surface area contributed by atoms with Crippen molar-refractivity contribution in [3.05, 3.63) is 64.8 Å². The number of H-pyrrole nitrogens is 1. The third-order valence-corrected chi connectivity index (χ3v) is 5.56. The van der Waals surface area contributed by atoms with E-state index in [0.29, 0.717) is 6.54 Å². The third-order valence-electron chi connectivity index (χ3n) is 5.56. The van der Waals surface area contributed by atoms with E-state index in [1.165, 1.54) is 29.5 Å². The van der Waals surface area contributed by atoms with E-state index in [2.05, 4.69) is 46.3 Å². The third kappa shape index (κ3) is 3.44. The van der Waals surface area contributed by atoms with Gasteiger partial charge in [-0.1, -0.05) is 12.1 Å². The summed E-state index contributed by atoms with van der Waals surface area (Å²) < 4.78 is 0. The zero-order valence-electron chi connectivity index (χ0n) is 16.4. The van der Waals surface area contributed by atoms with Crippen molar-refractivity contribution in [3.63, 3.8) is 0 Å². The van der Waals surface area contributed by atoms with Gasteiger partial charge in [0.25, 0.3) is 5.91 Å². The molecular weight excluding hydrogens is 334 g/mol. The lowest BCUT2D eigenvalue weighted by atomic mass is 9.95. The topological polar surface area (TPSA) is 39.3 Å². The second-order valence-electron chi connectivity index (χ2n) is 7.77. The fourth-order valence-electron chi connectivity index (χ4n) is 4.00. The van der Waals surface area contributed by atoms with E-state index in [1.54, 1.807) is 4.90 Å². The van der Waals surface area contributed by atoms with Gasteiger partial charge in [-0.25, -0.2) is 0 Å². The van der Waals surface area contributed by atoms with Crippen LogP contribution in [0, 0.1) is 0 Å². The van der Waals surface area contributed by atoms with Crippen molar-refractivity contribution in [2.45, 2.75) is 32.2 Å². The monoisotopic (exact) mass is 361 g/mol. The summed E-state index contributed by atoms with van der Waals surface area (Å²) in [6, 6.07) is 14.4. The summed E-state index contributed by atoms with van der Waals surface area (Å²) in [5.41, 5.74) is 6.98. The van der Waals surface area contributed by atoms with Crippen LogP contribution in [-0.2, 0) is 19.4 Å². The number of nitrogens with zero attached hydrogens (tertiary/aromatic N) is 2. The number of aryl methyl sites for hydroxylation is 2. The minimum Gasteiger partial charge on any atom is -0.378 e. The molecule has 0 atom stereocenters. The number of aromatic amines is 1. The summed E-state index contributed by atoms with van der Waals surface area (Å²) in [4.78, 5) is 20.4. The molecule has 140 valence electrons. The first-order valence-corrected chi connectivity index (χ1v) is 9.68. The molecule has 0 saturated carbocycles. The number of anilines is 1. The Morgan fingerprint density at radius 3 is 2.48 bits per heavy atom. The Balaban J connectivity index is 1.54. The number of benzene rings is 2. The molecule has 0 unspecified atom stereocenters. The molecule has 4 rings (SSSR count). The highest BCUT2D eigenvalue weighted by Gasteiger charge is 2.18. The molecule has 0 aliphatic heterocycles. The van der Waals surface area contributed by atoms with Crippen molar-refractivity contribution in [2.75, 3.05) is 26.0 Å². The van der Waals surface area contributed by atoms with Gasteiger partial charge in [-0.05, 0) is 67.1 Å². The second kappa shape index (κ2) is 7.10. The average Bonchev–Trinajstić information content (AvgIpc) is 3.05. The molecule has 4 heteroatoms. The number of hydrogen-bond donors (Lipinski definition) is 1. The van der Waals surface area contributed by atoms with Crippen LogP contribution >= 0.6 is 0 Å². The highest BCUT2D eigenvalue weighted by atomic mass is 16.2. The van der Waals surface area contributed by atoms with E-state index < -0.39 is 0 Å². The molecule has 1 N–H and O–H groups in total. The highest BCUT2D eigenvalue weighted by Crippen LogP contribution is 2.30. The van der Waals surface area contributed by atoms with Crippen LogP contribution < -0.4 is 4.90 Å². The van der Waals surface area contributed by atoms with Crippen LogP contribution in [0.4, 0.5) is 5.69 Å². The smallest absolute Gasteiger partial charge is 0.253 e. The summed E-state index contributed by atoms with van der Waals surface area (Å²) in [5.74, 6) is 0.0688. The van der Waals surface area contributed by atoms with Gasteiger partial charge in [0.05, 0.1) is 0 Å².